The maximum atomic E-state index is 11.4. The van der Waals surface area contributed by atoms with Gasteiger partial charge in [-0.3, -0.25) is 4.79 Å². The highest BCUT2D eigenvalue weighted by Gasteiger charge is 2.24. The maximum Gasteiger partial charge on any atom is 0.311 e. The van der Waals surface area contributed by atoms with Crippen LogP contribution in [0.5, 0.6) is 0 Å². The lowest BCUT2D eigenvalue weighted by molar-refractivity contribution is -0.139. The Morgan fingerprint density at radius 2 is 2.11 bits per heavy atom. The van der Waals surface area contributed by atoms with Crippen LogP contribution in [0.1, 0.15) is 38.1 Å². The van der Waals surface area contributed by atoms with Gasteiger partial charge in [-0.05, 0) is 23.6 Å². The number of rotatable bonds is 4. The fourth-order valence-electron chi connectivity index (χ4n) is 2.59. The second kappa shape index (κ2) is 5.03. The Hall–Kier alpha value is -1.84. The van der Waals surface area contributed by atoms with Gasteiger partial charge in [-0.25, -0.2) is 4.98 Å². The van der Waals surface area contributed by atoms with Crippen molar-refractivity contribution in [2.75, 3.05) is 0 Å². The van der Waals surface area contributed by atoms with Crippen molar-refractivity contribution in [2.45, 2.75) is 33.1 Å². The van der Waals surface area contributed by atoms with Gasteiger partial charge in [-0.1, -0.05) is 26.8 Å². The molecule has 1 N–H and O–H groups in total. The normalized spacial score (nSPS) is 13.1. The summed E-state index contributed by atoms with van der Waals surface area (Å²) in [7, 11) is 1.99. The molecule has 102 valence electrons. The van der Waals surface area contributed by atoms with Crippen molar-refractivity contribution < 1.29 is 9.90 Å². The highest BCUT2D eigenvalue weighted by molar-refractivity contribution is 5.81. The van der Waals surface area contributed by atoms with Crippen LogP contribution >= 0.6 is 0 Å². The lowest BCUT2D eigenvalue weighted by atomic mass is 9.88. The minimum Gasteiger partial charge on any atom is -0.481 e. The first-order valence-electron chi connectivity index (χ1n) is 6.63. The van der Waals surface area contributed by atoms with Crippen LogP contribution in [0.15, 0.2) is 18.2 Å². The van der Waals surface area contributed by atoms with Crippen molar-refractivity contribution in [3.8, 4) is 0 Å². The predicted molar refractivity (Wildman–Crippen MR) is 75.3 cm³/mol. The highest BCUT2D eigenvalue weighted by atomic mass is 16.4. The van der Waals surface area contributed by atoms with Crippen LogP contribution in [-0.4, -0.2) is 20.6 Å². The Morgan fingerprint density at radius 3 is 2.63 bits per heavy atom. The van der Waals surface area contributed by atoms with Crippen LogP contribution in [-0.2, 0) is 18.3 Å². The topological polar surface area (TPSA) is 55.1 Å². The molecule has 2 rings (SSSR count). The van der Waals surface area contributed by atoms with Gasteiger partial charge in [0, 0.05) is 13.5 Å². The number of aryl methyl sites for hydroxylation is 2. The molecule has 1 atom stereocenters. The largest absolute Gasteiger partial charge is 0.481 e. The number of hydrogen-bond donors (Lipinski definition) is 1. The summed E-state index contributed by atoms with van der Waals surface area (Å²) >= 11 is 0. The molecule has 0 spiro atoms. The second-order valence-electron chi connectivity index (χ2n) is 5.25. The van der Waals surface area contributed by atoms with Gasteiger partial charge < -0.3 is 9.67 Å². The average Bonchev–Trinajstić information content (AvgIpc) is 2.65. The first-order chi connectivity index (χ1) is 8.95. The molecule has 19 heavy (non-hydrogen) atoms. The number of carboxylic acid groups (broad SMARTS) is 1. The molecule has 0 aliphatic carbocycles. The van der Waals surface area contributed by atoms with Gasteiger partial charge in [0.15, 0.2) is 0 Å². The van der Waals surface area contributed by atoms with E-state index in [1.807, 2.05) is 39.1 Å². The fourth-order valence-corrected chi connectivity index (χ4v) is 2.59. The van der Waals surface area contributed by atoms with E-state index in [9.17, 15) is 9.90 Å². The molecular weight excluding hydrogens is 240 g/mol. The van der Waals surface area contributed by atoms with Gasteiger partial charge in [0.1, 0.15) is 5.82 Å². The minimum atomic E-state index is -0.777. The van der Waals surface area contributed by atoms with Crippen LogP contribution < -0.4 is 0 Å². The number of aliphatic carboxylic acids is 1. The Kier molecular flexibility index (Phi) is 3.60. The zero-order valence-corrected chi connectivity index (χ0v) is 11.8. The molecule has 0 aliphatic rings. The monoisotopic (exact) mass is 260 g/mol. The molecule has 0 radical (unpaired) electrons. The Bertz CT molecular complexity index is 614. The van der Waals surface area contributed by atoms with Gasteiger partial charge in [0.25, 0.3) is 0 Å². The van der Waals surface area contributed by atoms with Gasteiger partial charge in [-0.2, -0.15) is 0 Å². The van der Waals surface area contributed by atoms with Crippen LogP contribution in [0.25, 0.3) is 11.0 Å². The van der Waals surface area contributed by atoms with E-state index in [0.29, 0.717) is 0 Å². The van der Waals surface area contributed by atoms with E-state index in [4.69, 9.17) is 0 Å². The van der Waals surface area contributed by atoms with Crippen LogP contribution in [0.4, 0.5) is 0 Å². The van der Waals surface area contributed by atoms with E-state index in [0.717, 1.165) is 28.8 Å². The highest BCUT2D eigenvalue weighted by Crippen LogP contribution is 2.27. The molecule has 4 nitrogen and oxygen atoms in total. The molecule has 0 fully saturated rings. The fraction of sp³-hybridized carbons (Fsp3) is 0.467. The molecule has 1 unspecified atom stereocenters. The van der Waals surface area contributed by atoms with Gasteiger partial charge in [0.2, 0.25) is 0 Å². The van der Waals surface area contributed by atoms with E-state index in [2.05, 4.69) is 16.5 Å². The molecule has 0 saturated heterocycles. The predicted octanol–water partition coefficient (Wildman–Crippen LogP) is 2.96. The molecule has 0 bridgehead atoms. The van der Waals surface area contributed by atoms with Crippen molar-refractivity contribution in [1.29, 1.82) is 0 Å². The number of hydrogen-bond acceptors (Lipinski definition) is 2. The smallest absolute Gasteiger partial charge is 0.311 e. The van der Waals surface area contributed by atoms with E-state index >= 15 is 0 Å². The molecule has 1 heterocycles. The summed E-state index contributed by atoms with van der Waals surface area (Å²) in [5.41, 5.74) is 2.76. The molecule has 0 amide bonds. The first kappa shape index (κ1) is 13.6. The van der Waals surface area contributed by atoms with E-state index in [-0.39, 0.29) is 5.92 Å². The number of nitrogens with zero attached hydrogens (tertiary/aromatic N) is 2. The van der Waals surface area contributed by atoms with Crippen LogP contribution in [0.3, 0.4) is 0 Å². The summed E-state index contributed by atoms with van der Waals surface area (Å²) in [6, 6.07) is 5.78. The Balaban J connectivity index is 2.55. The van der Waals surface area contributed by atoms with Gasteiger partial charge >= 0.3 is 5.97 Å². The molecule has 2 aromatic rings. The third-order valence-corrected chi connectivity index (χ3v) is 3.61. The van der Waals surface area contributed by atoms with Crippen molar-refractivity contribution in [2.24, 2.45) is 13.0 Å². The zero-order valence-electron chi connectivity index (χ0n) is 11.8. The second-order valence-corrected chi connectivity index (χ2v) is 5.25. The van der Waals surface area contributed by atoms with Crippen LogP contribution in [0.2, 0.25) is 0 Å². The van der Waals surface area contributed by atoms with E-state index < -0.39 is 11.9 Å². The molecule has 1 aromatic heterocycles. The SMILES string of the molecule is CCc1nc2cc(C(C(=O)O)C(C)C)ccc2n1C. The standard InChI is InChI=1S/C15H20N2O2/c1-5-13-16-11-8-10(6-7-12(11)17(13)4)14(9(2)3)15(18)19/h6-9,14H,5H2,1-4H3,(H,18,19). The number of fused-ring (bicyclic) bond motifs is 1. The molecule has 4 heteroatoms. The summed E-state index contributed by atoms with van der Waals surface area (Å²) < 4.78 is 2.06. The molecule has 1 aromatic carbocycles. The van der Waals surface area contributed by atoms with E-state index in [1.54, 1.807) is 0 Å². The van der Waals surface area contributed by atoms with E-state index in [1.165, 1.54) is 0 Å². The summed E-state index contributed by atoms with van der Waals surface area (Å²) in [6.45, 7) is 5.92. The van der Waals surface area contributed by atoms with Gasteiger partial charge in [0.05, 0.1) is 17.0 Å². The van der Waals surface area contributed by atoms with Crippen molar-refractivity contribution >= 4 is 17.0 Å². The summed E-state index contributed by atoms with van der Waals surface area (Å²) in [6.07, 6.45) is 0.868. The van der Waals surface area contributed by atoms with Crippen LogP contribution in [0, 0.1) is 5.92 Å². The van der Waals surface area contributed by atoms with Crippen molar-refractivity contribution in [3.05, 3.63) is 29.6 Å². The average molecular weight is 260 g/mol. The Labute approximate surface area is 113 Å². The number of aromatic nitrogens is 2. The summed E-state index contributed by atoms with van der Waals surface area (Å²) in [5, 5.41) is 9.35. The number of imidazole rings is 1. The first-order valence-corrected chi connectivity index (χ1v) is 6.63. The lowest BCUT2D eigenvalue weighted by Crippen LogP contribution is -2.17. The molecule has 0 saturated carbocycles. The number of carbonyl (C=O) groups is 1. The minimum absolute atomic E-state index is 0.0595. The summed E-state index contributed by atoms with van der Waals surface area (Å²) in [4.78, 5) is 15.9. The zero-order chi connectivity index (χ0) is 14.2. The lowest BCUT2D eigenvalue weighted by Gasteiger charge is -2.16. The van der Waals surface area contributed by atoms with Crippen molar-refractivity contribution in [1.82, 2.24) is 9.55 Å². The molecular formula is C15H20N2O2. The quantitative estimate of drug-likeness (QED) is 0.919. The maximum absolute atomic E-state index is 11.4. The third-order valence-electron chi connectivity index (χ3n) is 3.61. The summed E-state index contributed by atoms with van der Waals surface area (Å²) in [5.74, 6) is -0.176. The van der Waals surface area contributed by atoms with Gasteiger partial charge in [-0.15, -0.1) is 0 Å². The number of benzene rings is 1. The van der Waals surface area contributed by atoms with Crippen molar-refractivity contribution in [3.63, 3.8) is 0 Å². The molecule has 0 aliphatic heterocycles. The Morgan fingerprint density at radius 1 is 1.42 bits per heavy atom. The third kappa shape index (κ3) is 2.35. The number of carboxylic acids is 1.